The Kier molecular flexibility index (Phi) is 6.12. The summed E-state index contributed by atoms with van der Waals surface area (Å²) in [7, 11) is -2.92. The quantitative estimate of drug-likeness (QED) is 0.700. The number of carbonyl (C=O) groups excluding carboxylic acids is 1. The van der Waals surface area contributed by atoms with E-state index in [1.165, 1.54) is 11.8 Å². The van der Waals surface area contributed by atoms with E-state index in [1.807, 2.05) is 6.92 Å². The number of carboxylic acid groups (broad SMARTS) is 1. The molecule has 0 saturated carbocycles. The molecule has 0 aliphatic carbocycles. The van der Waals surface area contributed by atoms with Crippen LogP contribution in [-0.4, -0.2) is 54.0 Å². The molecular weight excluding hydrogens is 290 g/mol. The Labute approximate surface area is 117 Å². The Morgan fingerprint density at radius 3 is 2.63 bits per heavy atom. The molecule has 6 nitrogen and oxygen atoms in total. The van der Waals surface area contributed by atoms with Crippen molar-refractivity contribution in [3.05, 3.63) is 0 Å². The Morgan fingerprint density at radius 1 is 1.47 bits per heavy atom. The molecule has 0 aromatic heterocycles. The molecule has 2 N–H and O–H groups in total. The molecule has 1 aliphatic rings. The number of nitrogens with one attached hydrogen (secondary N) is 1. The fourth-order valence-electron chi connectivity index (χ4n) is 1.86. The predicted molar refractivity (Wildman–Crippen MR) is 74.0 cm³/mol. The van der Waals surface area contributed by atoms with E-state index in [-0.39, 0.29) is 40.9 Å². The van der Waals surface area contributed by atoms with Crippen molar-refractivity contribution in [2.24, 2.45) is 0 Å². The first-order valence-electron chi connectivity index (χ1n) is 6.15. The molecule has 0 radical (unpaired) electrons. The number of sulfone groups is 1. The van der Waals surface area contributed by atoms with Crippen LogP contribution < -0.4 is 5.32 Å². The van der Waals surface area contributed by atoms with Crippen LogP contribution in [0.3, 0.4) is 0 Å². The minimum absolute atomic E-state index is 0.0182. The second kappa shape index (κ2) is 7.14. The zero-order valence-electron chi connectivity index (χ0n) is 10.8. The summed E-state index contributed by atoms with van der Waals surface area (Å²) in [5.41, 5.74) is 0. The predicted octanol–water partition coefficient (Wildman–Crippen LogP) is 0.276. The molecule has 0 spiro atoms. The summed E-state index contributed by atoms with van der Waals surface area (Å²) < 4.78 is 22.5. The third-order valence-corrected chi connectivity index (χ3v) is 6.20. The Bertz CT molecular complexity index is 434. The maximum Gasteiger partial charge on any atom is 0.305 e. The second-order valence-electron chi connectivity index (χ2n) is 4.61. The van der Waals surface area contributed by atoms with Gasteiger partial charge in [0.2, 0.25) is 5.91 Å². The van der Waals surface area contributed by atoms with Gasteiger partial charge in [-0.1, -0.05) is 6.92 Å². The van der Waals surface area contributed by atoms with Crippen LogP contribution in [0.4, 0.5) is 0 Å². The van der Waals surface area contributed by atoms with Crippen molar-refractivity contribution in [2.45, 2.75) is 37.5 Å². The van der Waals surface area contributed by atoms with E-state index in [0.717, 1.165) is 0 Å². The lowest BCUT2D eigenvalue weighted by atomic mass is 10.1. The molecule has 1 saturated heterocycles. The number of rotatable bonds is 7. The molecule has 0 aromatic carbocycles. The highest BCUT2D eigenvalue weighted by atomic mass is 32.2. The van der Waals surface area contributed by atoms with Crippen molar-refractivity contribution in [2.75, 3.05) is 17.3 Å². The molecule has 1 heterocycles. The lowest BCUT2D eigenvalue weighted by molar-refractivity contribution is -0.137. The van der Waals surface area contributed by atoms with E-state index in [4.69, 9.17) is 5.11 Å². The van der Waals surface area contributed by atoms with Gasteiger partial charge >= 0.3 is 5.97 Å². The molecule has 19 heavy (non-hydrogen) atoms. The Morgan fingerprint density at radius 2 is 2.16 bits per heavy atom. The van der Waals surface area contributed by atoms with Gasteiger partial charge in [-0.3, -0.25) is 9.59 Å². The standard InChI is InChI=1S/C11H19NO5S2/c1-2-8(5-11(14)15)12-10(13)6-18-9-3-4-19(16,17)7-9/h8-9H,2-7H2,1H3,(H,12,13)(H,14,15). The lowest BCUT2D eigenvalue weighted by Gasteiger charge is -2.15. The van der Waals surface area contributed by atoms with Crippen LogP contribution in [0, 0.1) is 0 Å². The van der Waals surface area contributed by atoms with Gasteiger partial charge in [0.25, 0.3) is 0 Å². The number of amides is 1. The van der Waals surface area contributed by atoms with Gasteiger partial charge in [0.15, 0.2) is 9.84 Å². The summed E-state index contributed by atoms with van der Waals surface area (Å²) in [6, 6.07) is -0.363. The van der Waals surface area contributed by atoms with Gasteiger partial charge in [0.05, 0.1) is 23.7 Å². The third-order valence-electron chi connectivity index (χ3n) is 2.92. The van der Waals surface area contributed by atoms with Crippen LogP contribution in [0.25, 0.3) is 0 Å². The largest absolute Gasteiger partial charge is 0.481 e. The normalized spacial score (nSPS) is 22.9. The van der Waals surface area contributed by atoms with Gasteiger partial charge in [-0.25, -0.2) is 8.42 Å². The first-order chi connectivity index (χ1) is 8.82. The molecule has 1 rings (SSSR count). The van der Waals surface area contributed by atoms with Crippen LogP contribution in [0.1, 0.15) is 26.2 Å². The average molecular weight is 309 g/mol. The zero-order chi connectivity index (χ0) is 14.5. The summed E-state index contributed by atoms with van der Waals surface area (Å²) in [5.74, 6) is -0.666. The van der Waals surface area contributed by atoms with E-state index < -0.39 is 15.8 Å². The van der Waals surface area contributed by atoms with Crippen molar-refractivity contribution < 1.29 is 23.1 Å². The fraction of sp³-hybridized carbons (Fsp3) is 0.818. The first-order valence-corrected chi connectivity index (χ1v) is 9.02. The first kappa shape index (κ1) is 16.3. The zero-order valence-corrected chi connectivity index (χ0v) is 12.4. The molecule has 0 aromatic rings. The van der Waals surface area contributed by atoms with Crippen LogP contribution in [0.5, 0.6) is 0 Å². The highest BCUT2D eigenvalue weighted by Gasteiger charge is 2.28. The van der Waals surface area contributed by atoms with E-state index in [9.17, 15) is 18.0 Å². The van der Waals surface area contributed by atoms with Gasteiger partial charge in [-0.05, 0) is 12.8 Å². The topological polar surface area (TPSA) is 101 Å². The Hall–Kier alpha value is -0.760. The molecule has 1 aliphatic heterocycles. The summed E-state index contributed by atoms with van der Waals surface area (Å²) in [6.07, 6.45) is 1.05. The number of aliphatic carboxylic acids is 1. The van der Waals surface area contributed by atoms with Crippen molar-refractivity contribution in [3.63, 3.8) is 0 Å². The Balaban J connectivity index is 2.29. The van der Waals surface area contributed by atoms with Gasteiger partial charge in [0, 0.05) is 11.3 Å². The minimum atomic E-state index is -2.92. The monoisotopic (exact) mass is 309 g/mol. The van der Waals surface area contributed by atoms with Gasteiger partial charge in [0.1, 0.15) is 0 Å². The van der Waals surface area contributed by atoms with Gasteiger partial charge in [-0.2, -0.15) is 0 Å². The fourth-order valence-corrected chi connectivity index (χ4v) is 5.32. The highest BCUT2D eigenvalue weighted by molar-refractivity contribution is 8.02. The molecule has 1 amide bonds. The van der Waals surface area contributed by atoms with Crippen LogP contribution in [-0.2, 0) is 19.4 Å². The number of carbonyl (C=O) groups is 2. The van der Waals surface area contributed by atoms with Crippen molar-refractivity contribution in [1.82, 2.24) is 5.32 Å². The van der Waals surface area contributed by atoms with Crippen molar-refractivity contribution in [3.8, 4) is 0 Å². The summed E-state index contributed by atoms with van der Waals surface area (Å²) in [5, 5.41) is 11.3. The number of hydrogen-bond donors (Lipinski definition) is 2. The molecular formula is C11H19NO5S2. The molecule has 2 atom stereocenters. The summed E-state index contributed by atoms with van der Waals surface area (Å²) >= 11 is 1.33. The van der Waals surface area contributed by atoms with E-state index >= 15 is 0 Å². The van der Waals surface area contributed by atoms with E-state index in [0.29, 0.717) is 12.8 Å². The molecule has 1 fully saturated rings. The third kappa shape index (κ3) is 6.29. The molecule has 8 heteroatoms. The molecule has 2 unspecified atom stereocenters. The number of carboxylic acids is 1. The summed E-state index contributed by atoms with van der Waals surface area (Å²) in [6.45, 7) is 1.81. The minimum Gasteiger partial charge on any atom is -0.481 e. The number of thioether (sulfide) groups is 1. The molecule has 0 bridgehead atoms. The molecule has 110 valence electrons. The summed E-state index contributed by atoms with van der Waals surface area (Å²) in [4.78, 5) is 22.2. The van der Waals surface area contributed by atoms with Gasteiger partial charge in [-0.15, -0.1) is 11.8 Å². The maximum atomic E-state index is 11.6. The highest BCUT2D eigenvalue weighted by Crippen LogP contribution is 2.24. The van der Waals surface area contributed by atoms with Crippen LogP contribution >= 0.6 is 11.8 Å². The van der Waals surface area contributed by atoms with Gasteiger partial charge < -0.3 is 10.4 Å². The van der Waals surface area contributed by atoms with E-state index in [2.05, 4.69) is 5.32 Å². The van der Waals surface area contributed by atoms with Crippen molar-refractivity contribution >= 4 is 33.5 Å². The smallest absolute Gasteiger partial charge is 0.305 e. The maximum absolute atomic E-state index is 11.6. The van der Waals surface area contributed by atoms with E-state index in [1.54, 1.807) is 0 Å². The van der Waals surface area contributed by atoms with Crippen LogP contribution in [0.2, 0.25) is 0 Å². The SMILES string of the molecule is CCC(CC(=O)O)NC(=O)CSC1CCS(=O)(=O)C1. The lowest BCUT2D eigenvalue weighted by Crippen LogP contribution is -2.37. The second-order valence-corrected chi connectivity index (χ2v) is 8.12. The van der Waals surface area contributed by atoms with Crippen LogP contribution in [0.15, 0.2) is 0 Å². The average Bonchev–Trinajstić information content (AvgIpc) is 2.65. The number of hydrogen-bond acceptors (Lipinski definition) is 5. The van der Waals surface area contributed by atoms with Crippen molar-refractivity contribution in [1.29, 1.82) is 0 Å².